The van der Waals surface area contributed by atoms with Crippen LogP contribution in [0.2, 0.25) is 5.02 Å². The van der Waals surface area contributed by atoms with E-state index in [0.717, 1.165) is 47.9 Å². The van der Waals surface area contributed by atoms with E-state index in [1.54, 1.807) is 11.0 Å². The van der Waals surface area contributed by atoms with Gasteiger partial charge >= 0.3 is 0 Å². The lowest BCUT2D eigenvalue weighted by Gasteiger charge is -2.32. The van der Waals surface area contributed by atoms with Gasteiger partial charge in [-0.05, 0) is 67.1 Å². The van der Waals surface area contributed by atoms with Crippen molar-refractivity contribution in [2.24, 2.45) is 0 Å². The van der Waals surface area contributed by atoms with Crippen LogP contribution in [0, 0.1) is 13.8 Å². The molecule has 1 fully saturated rings. The van der Waals surface area contributed by atoms with E-state index in [0.29, 0.717) is 17.2 Å². The second kappa shape index (κ2) is 12.8. The number of halogens is 1. The number of carbonyl (C=O) groups is 2. The molecule has 6 heteroatoms. The minimum absolute atomic E-state index is 0.137. The summed E-state index contributed by atoms with van der Waals surface area (Å²) in [6.45, 7) is 4.03. The average Bonchev–Trinajstić information content (AvgIpc) is 3.39. The van der Waals surface area contributed by atoms with Crippen LogP contribution >= 0.6 is 11.6 Å². The smallest absolute Gasteiger partial charge is 0.261 e. The van der Waals surface area contributed by atoms with Gasteiger partial charge in [0.25, 0.3) is 5.91 Å². The maximum Gasteiger partial charge on any atom is 0.261 e. The Hall–Kier alpha value is -3.31. The zero-order valence-corrected chi connectivity index (χ0v) is 22.3. The lowest BCUT2D eigenvalue weighted by Crippen LogP contribution is -2.53. The quantitative estimate of drug-likeness (QED) is 0.356. The van der Waals surface area contributed by atoms with Gasteiger partial charge in [0.15, 0.2) is 6.61 Å². The Bertz CT molecular complexity index is 1190. The van der Waals surface area contributed by atoms with Gasteiger partial charge in [-0.1, -0.05) is 79.0 Å². The molecule has 1 aliphatic rings. The third kappa shape index (κ3) is 7.59. The summed E-state index contributed by atoms with van der Waals surface area (Å²) in [5.41, 5.74) is 3.90. The highest BCUT2D eigenvalue weighted by molar-refractivity contribution is 6.31. The predicted octanol–water partition coefficient (Wildman–Crippen LogP) is 6.03. The Labute approximate surface area is 224 Å². The molecule has 0 radical (unpaired) electrons. The Kier molecular flexibility index (Phi) is 9.24. The van der Waals surface area contributed by atoms with E-state index in [1.165, 1.54) is 0 Å². The number of aryl methyl sites for hydroxylation is 2. The largest absolute Gasteiger partial charge is 0.484 e. The van der Waals surface area contributed by atoms with Crippen LogP contribution in [0.3, 0.4) is 0 Å². The fraction of sp³-hybridized carbons (Fsp3) is 0.355. The molecule has 0 unspecified atom stereocenters. The molecular weight excluding hydrogens is 484 g/mol. The first-order valence-electron chi connectivity index (χ1n) is 13.0. The van der Waals surface area contributed by atoms with Crippen molar-refractivity contribution in [1.29, 1.82) is 0 Å². The van der Waals surface area contributed by atoms with Gasteiger partial charge in [-0.25, -0.2) is 0 Å². The van der Waals surface area contributed by atoms with Crippen LogP contribution in [0.4, 0.5) is 0 Å². The number of hydrogen-bond donors (Lipinski definition) is 1. The van der Waals surface area contributed by atoms with Gasteiger partial charge in [0, 0.05) is 24.0 Å². The Balaban J connectivity index is 1.62. The molecule has 0 saturated heterocycles. The van der Waals surface area contributed by atoms with E-state index in [1.807, 2.05) is 74.5 Å². The average molecular weight is 519 g/mol. The summed E-state index contributed by atoms with van der Waals surface area (Å²) in [5.74, 6) is 0.239. The van der Waals surface area contributed by atoms with Gasteiger partial charge in [-0.15, -0.1) is 0 Å². The van der Waals surface area contributed by atoms with Crippen molar-refractivity contribution in [2.45, 2.75) is 64.6 Å². The van der Waals surface area contributed by atoms with Crippen molar-refractivity contribution < 1.29 is 14.3 Å². The van der Waals surface area contributed by atoms with E-state index in [2.05, 4.69) is 11.4 Å². The Morgan fingerprint density at radius 2 is 1.62 bits per heavy atom. The topological polar surface area (TPSA) is 58.6 Å². The van der Waals surface area contributed by atoms with Crippen LogP contribution in [0.1, 0.15) is 47.9 Å². The van der Waals surface area contributed by atoms with Crippen LogP contribution < -0.4 is 10.1 Å². The molecule has 5 nitrogen and oxygen atoms in total. The highest BCUT2D eigenvalue weighted by atomic mass is 35.5. The molecule has 0 aromatic heterocycles. The molecule has 194 valence electrons. The SMILES string of the molecule is Cc1cc(C)cc(OCC(=O)N(Cc2ccccc2Cl)[C@@H](Cc2ccccc2)C(=O)NC2CCCC2)c1. The Morgan fingerprint density at radius 1 is 0.973 bits per heavy atom. The number of carbonyl (C=O) groups excluding carboxylic acids is 2. The van der Waals surface area contributed by atoms with Crippen molar-refractivity contribution in [2.75, 3.05) is 6.61 Å². The van der Waals surface area contributed by atoms with Crippen LogP contribution in [0.15, 0.2) is 72.8 Å². The second-order valence-electron chi connectivity index (χ2n) is 9.92. The van der Waals surface area contributed by atoms with Gasteiger partial charge in [-0.2, -0.15) is 0 Å². The van der Waals surface area contributed by atoms with Gasteiger partial charge in [-0.3, -0.25) is 9.59 Å². The molecular formula is C31H35ClN2O3. The van der Waals surface area contributed by atoms with Crippen molar-refractivity contribution in [3.63, 3.8) is 0 Å². The summed E-state index contributed by atoms with van der Waals surface area (Å²) < 4.78 is 5.94. The van der Waals surface area contributed by atoms with Crippen molar-refractivity contribution in [1.82, 2.24) is 10.2 Å². The van der Waals surface area contributed by atoms with Gasteiger partial charge in [0.1, 0.15) is 11.8 Å². The van der Waals surface area contributed by atoms with E-state index >= 15 is 0 Å². The molecule has 4 rings (SSSR count). The molecule has 3 aromatic carbocycles. The van der Waals surface area contributed by atoms with Crippen LogP contribution in [-0.4, -0.2) is 35.4 Å². The van der Waals surface area contributed by atoms with Gasteiger partial charge in [0.2, 0.25) is 5.91 Å². The molecule has 2 amide bonds. The summed E-state index contributed by atoms with van der Waals surface area (Å²) in [7, 11) is 0. The monoisotopic (exact) mass is 518 g/mol. The van der Waals surface area contributed by atoms with E-state index in [-0.39, 0.29) is 31.0 Å². The minimum atomic E-state index is -0.699. The van der Waals surface area contributed by atoms with Crippen LogP contribution in [0.5, 0.6) is 5.75 Å². The molecule has 1 aliphatic carbocycles. The molecule has 37 heavy (non-hydrogen) atoms. The van der Waals surface area contributed by atoms with E-state index in [9.17, 15) is 9.59 Å². The molecule has 1 N–H and O–H groups in total. The fourth-order valence-electron chi connectivity index (χ4n) is 4.98. The summed E-state index contributed by atoms with van der Waals surface area (Å²) in [5, 5.41) is 3.78. The van der Waals surface area contributed by atoms with E-state index in [4.69, 9.17) is 16.3 Å². The lowest BCUT2D eigenvalue weighted by molar-refractivity contribution is -0.143. The van der Waals surface area contributed by atoms with Crippen molar-refractivity contribution in [3.05, 3.63) is 100 Å². The molecule has 0 spiro atoms. The third-order valence-electron chi connectivity index (χ3n) is 6.83. The molecule has 1 saturated carbocycles. The van der Waals surface area contributed by atoms with Gasteiger partial charge in [0.05, 0.1) is 0 Å². The number of rotatable bonds is 10. The molecule has 0 heterocycles. The summed E-state index contributed by atoms with van der Waals surface area (Å²) in [4.78, 5) is 29.1. The molecule has 0 bridgehead atoms. The molecule has 0 aliphatic heterocycles. The first-order chi connectivity index (χ1) is 17.9. The van der Waals surface area contributed by atoms with E-state index < -0.39 is 6.04 Å². The van der Waals surface area contributed by atoms with Crippen LogP contribution in [0.25, 0.3) is 0 Å². The predicted molar refractivity (Wildman–Crippen MR) is 148 cm³/mol. The summed E-state index contributed by atoms with van der Waals surface area (Å²) >= 11 is 6.49. The van der Waals surface area contributed by atoms with Crippen molar-refractivity contribution in [3.8, 4) is 5.75 Å². The lowest BCUT2D eigenvalue weighted by atomic mass is 10.0. The van der Waals surface area contributed by atoms with Crippen molar-refractivity contribution >= 4 is 23.4 Å². The maximum atomic E-state index is 13.8. The second-order valence-corrected chi connectivity index (χ2v) is 10.3. The number of nitrogens with zero attached hydrogens (tertiary/aromatic N) is 1. The highest BCUT2D eigenvalue weighted by Crippen LogP contribution is 2.23. The first kappa shape index (κ1) is 26.7. The summed E-state index contributed by atoms with van der Waals surface area (Å²) in [6, 6.07) is 22.6. The Morgan fingerprint density at radius 3 is 2.30 bits per heavy atom. The first-order valence-corrected chi connectivity index (χ1v) is 13.3. The molecule has 1 atom stereocenters. The minimum Gasteiger partial charge on any atom is -0.484 e. The highest BCUT2D eigenvalue weighted by Gasteiger charge is 2.32. The number of hydrogen-bond acceptors (Lipinski definition) is 3. The van der Waals surface area contributed by atoms with Gasteiger partial charge < -0.3 is 15.0 Å². The zero-order valence-electron chi connectivity index (χ0n) is 21.6. The van der Waals surface area contributed by atoms with Crippen LogP contribution in [-0.2, 0) is 22.6 Å². The number of ether oxygens (including phenoxy) is 1. The standard InChI is InChI=1S/C31H35ClN2O3/c1-22-16-23(2)18-27(17-22)37-21-30(35)34(20-25-12-6-9-15-28(25)32)29(19-24-10-4-3-5-11-24)31(36)33-26-13-7-8-14-26/h3-6,9-12,15-18,26,29H,7-8,13-14,19-21H2,1-2H3,(H,33,36)/t29-/m0/s1. The molecule has 3 aromatic rings. The number of amides is 2. The number of benzene rings is 3. The normalized spacial score (nSPS) is 14.2. The fourth-order valence-corrected chi connectivity index (χ4v) is 5.17. The summed E-state index contributed by atoms with van der Waals surface area (Å²) in [6.07, 6.45) is 4.57. The maximum absolute atomic E-state index is 13.8. The third-order valence-corrected chi connectivity index (χ3v) is 7.20. The zero-order chi connectivity index (χ0) is 26.2. The number of nitrogens with one attached hydrogen (secondary N) is 1.